The highest BCUT2D eigenvalue weighted by Gasteiger charge is 2.17. The van der Waals surface area contributed by atoms with Gasteiger partial charge in [0, 0.05) is 49.0 Å². The molecular formula is C13H24N6OS. The Morgan fingerprint density at radius 2 is 1.71 bits per heavy atom. The smallest absolute Gasteiger partial charge is 0.231 e. The van der Waals surface area contributed by atoms with Gasteiger partial charge in [-0.1, -0.05) is 6.92 Å². The predicted molar refractivity (Wildman–Crippen MR) is 87.5 cm³/mol. The van der Waals surface area contributed by atoms with Crippen molar-refractivity contribution < 1.29 is 4.21 Å². The molecule has 1 aliphatic rings. The van der Waals surface area contributed by atoms with E-state index in [0.717, 1.165) is 32.0 Å². The molecule has 118 valence electrons. The van der Waals surface area contributed by atoms with Crippen LogP contribution >= 0.6 is 0 Å². The average Bonchev–Trinajstić information content (AvgIpc) is 2.99. The summed E-state index contributed by atoms with van der Waals surface area (Å²) in [4.78, 5) is 15.5. The molecule has 1 aliphatic heterocycles. The molecule has 1 saturated heterocycles. The lowest BCUT2D eigenvalue weighted by atomic mass is 10.4. The second kappa shape index (κ2) is 8.11. The van der Waals surface area contributed by atoms with Gasteiger partial charge in [-0.15, -0.1) is 0 Å². The van der Waals surface area contributed by atoms with Crippen LogP contribution in [0.2, 0.25) is 0 Å². The van der Waals surface area contributed by atoms with Crippen LogP contribution in [-0.2, 0) is 10.8 Å². The predicted octanol–water partition coefficient (Wildman–Crippen LogP) is 1.08. The van der Waals surface area contributed by atoms with E-state index in [0.29, 0.717) is 24.2 Å². The number of anilines is 3. The van der Waals surface area contributed by atoms with Crippen molar-refractivity contribution in [2.75, 3.05) is 53.7 Å². The average molecular weight is 312 g/mol. The Balaban J connectivity index is 2.09. The third-order valence-electron chi connectivity index (χ3n) is 3.22. The van der Waals surface area contributed by atoms with Crippen molar-refractivity contribution in [1.82, 2.24) is 15.0 Å². The Labute approximate surface area is 128 Å². The summed E-state index contributed by atoms with van der Waals surface area (Å²) in [5.74, 6) is 2.47. The van der Waals surface area contributed by atoms with E-state index >= 15 is 0 Å². The lowest BCUT2D eigenvalue weighted by molar-refractivity contribution is 0.687. The van der Waals surface area contributed by atoms with Crippen LogP contribution in [0.4, 0.5) is 17.8 Å². The standard InChI is InChI=1S/C13H24N6OS/c1-3-6-14-11-16-12(15-7-10-21(2)20)18-13(17-11)19-8-4-5-9-19/h3-10H2,1-2H3,(H2,14,15,16,17,18). The maximum absolute atomic E-state index is 11.1. The minimum Gasteiger partial charge on any atom is -0.354 e. The normalized spacial score (nSPS) is 16.0. The molecule has 7 nitrogen and oxygen atoms in total. The van der Waals surface area contributed by atoms with Crippen molar-refractivity contribution >= 4 is 28.6 Å². The first-order valence-corrected chi connectivity index (χ1v) is 9.20. The molecule has 1 aromatic heterocycles. The summed E-state index contributed by atoms with van der Waals surface area (Å²) in [5.41, 5.74) is 0. The Kier molecular flexibility index (Phi) is 6.16. The summed E-state index contributed by atoms with van der Waals surface area (Å²) in [5, 5.41) is 6.34. The summed E-state index contributed by atoms with van der Waals surface area (Å²) in [6.07, 6.45) is 5.07. The first-order chi connectivity index (χ1) is 10.2. The van der Waals surface area contributed by atoms with E-state index in [1.54, 1.807) is 6.26 Å². The Morgan fingerprint density at radius 1 is 1.10 bits per heavy atom. The molecule has 2 heterocycles. The number of hydrogen-bond acceptors (Lipinski definition) is 7. The molecule has 2 N–H and O–H groups in total. The van der Waals surface area contributed by atoms with E-state index in [9.17, 15) is 4.21 Å². The topological polar surface area (TPSA) is 83.0 Å². The SMILES string of the molecule is CCCNc1nc(NCCS(C)=O)nc(N2CCCC2)n1. The van der Waals surface area contributed by atoms with E-state index < -0.39 is 10.8 Å². The van der Waals surface area contributed by atoms with E-state index in [1.807, 2.05) is 0 Å². The number of rotatable bonds is 8. The van der Waals surface area contributed by atoms with Gasteiger partial charge >= 0.3 is 0 Å². The molecule has 0 aliphatic carbocycles. The van der Waals surface area contributed by atoms with Crippen molar-refractivity contribution in [3.05, 3.63) is 0 Å². The van der Waals surface area contributed by atoms with Gasteiger partial charge in [0.25, 0.3) is 0 Å². The first-order valence-electron chi connectivity index (χ1n) is 7.48. The van der Waals surface area contributed by atoms with Gasteiger partial charge in [-0.05, 0) is 19.3 Å². The van der Waals surface area contributed by atoms with Gasteiger partial charge in [0.1, 0.15) is 0 Å². The molecule has 0 bridgehead atoms. The fourth-order valence-corrected chi connectivity index (χ4v) is 2.51. The Hall–Kier alpha value is -1.44. The lowest BCUT2D eigenvalue weighted by Crippen LogP contribution is -2.23. The van der Waals surface area contributed by atoms with Crippen LogP contribution < -0.4 is 15.5 Å². The summed E-state index contributed by atoms with van der Waals surface area (Å²) in [7, 11) is -0.816. The zero-order chi connectivity index (χ0) is 15.1. The molecule has 0 aromatic carbocycles. The molecule has 1 aromatic rings. The van der Waals surface area contributed by atoms with Gasteiger partial charge in [-0.3, -0.25) is 4.21 Å². The molecule has 0 radical (unpaired) electrons. The first kappa shape index (κ1) is 15.9. The van der Waals surface area contributed by atoms with E-state index in [2.05, 4.69) is 37.4 Å². The van der Waals surface area contributed by atoms with Crippen molar-refractivity contribution in [3.8, 4) is 0 Å². The quantitative estimate of drug-likeness (QED) is 0.743. The molecule has 2 rings (SSSR count). The Morgan fingerprint density at radius 3 is 2.29 bits per heavy atom. The van der Waals surface area contributed by atoms with Crippen LogP contribution in [0.3, 0.4) is 0 Å². The molecule has 1 atom stereocenters. The van der Waals surface area contributed by atoms with Crippen LogP contribution in [0.15, 0.2) is 0 Å². The second-order valence-electron chi connectivity index (χ2n) is 5.11. The van der Waals surface area contributed by atoms with Gasteiger partial charge < -0.3 is 15.5 Å². The van der Waals surface area contributed by atoms with Gasteiger partial charge in [-0.2, -0.15) is 15.0 Å². The molecule has 0 spiro atoms. The van der Waals surface area contributed by atoms with E-state index in [4.69, 9.17) is 0 Å². The Bertz CT molecular complexity index is 478. The molecule has 1 fully saturated rings. The molecule has 8 heteroatoms. The zero-order valence-corrected chi connectivity index (χ0v) is 13.6. The van der Waals surface area contributed by atoms with Crippen molar-refractivity contribution in [2.24, 2.45) is 0 Å². The highest BCUT2D eigenvalue weighted by molar-refractivity contribution is 7.84. The monoisotopic (exact) mass is 312 g/mol. The van der Waals surface area contributed by atoms with E-state index in [-0.39, 0.29) is 0 Å². The fraction of sp³-hybridized carbons (Fsp3) is 0.769. The lowest BCUT2D eigenvalue weighted by Gasteiger charge is -2.17. The summed E-state index contributed by atoms with van der Waals surface area (Å²) in [6.45, 7) is 5.53. The number of hydrogen-bond donors (Lipinski definition) is 2. The molecule has 0 amide bonds. The maximum atomic E-state index is 11.1. The van der Waals surface area contributed by atoms with Crippen molar-refractivity contribution in [2.45, 2.75) is 26.2 Å². The number of nitrogens with one attached hydrogen (secondary N) is 2. The van der Waals surface area contributed by atoms with E-state index in [1.165, 1.54) is 12.8 Å². The van der Waals surface area contributed by atoms with Crippen LogP contribution in [0.25, 0.3) is 0 Å². The summed E-state index contributed by atoms with van der Waals surface area (Å²) in [6, 6.07) is 0. The molecule has 1 unspecified atom stereocenters. The summed E-state index contributed by atoms with van der Waals surface area (Å²) >= 11 is 0. The largest absolute Gasteiger partial charge is 0.354 e. The van der Waals surface area contributed by atoms with Crippen molar-refractivity contribution in [1.29, 1.82) is 0 Å². The maximum Gasteiger partial charge on any atom is 0.231 e. The van der Waals surface area contributed by atoms with Gasteiger partial charge in [0.2, 0.25) is 17.8 Å². The second-order valence-corrected chi connectivity index (χ2v) is 6.66. The molecular weight excluding hydrogens is 288 g/mol. The summed E-state index contributed by atoms with van der Waals surface area (Å²) < 4.78 is 11.1. The van der Waals surface area contributed by atoms with Gasteiger partial charge in [0.05, 0.1) is 0 Å². The van der Waals surface area contributed by atoms with Crippen LogP contribution in [-0.4, -0.2) is 57.3 Å². The highest BCUT2D eigenvalue weighted by atomic mass is 32.2. The third kappa shape index (κ3) is 5.11. The highest BCUT2D eigenvalue weighted by Crippen LogP contribution is 2.18. The van der Waals surface area contributed by atoms with Gasteiger partial charge in [-0.25, -0.2) is 0 Å². The van der Waals surface area contributed by atoms with Crippen LogP contribution in [0.5, 0.6) is 0 Å². The minimum atomic E-state index is -0.816. The van der Waals surface area contributed by atoms with Gasteiger partial charge in [0.15, 0.2) is 0 Å². The van der Waals surface area contributed by atoms with Crippen LogP contribution in [0, 0.1) is 0 Å². The zero-order valence-electron chi connectivity index (χ0n) is 12.8. The number of nitrogens with zero attached hydrogens (tertiary/aromatic N) is 4. The van der Waals surface area contributed by atoms with Crippen LogP contribution in [0.1, 0.15) is 26.2 Å². The minimum absolute atomic E-state index is 0.552. The third-order valence-corrected chi connectivity index (χ3v) is 4.00. The fourth-order valence-electron chi connectivity index (χ4n) is 2.12. The van der Waals surface area contributed by atoms with Crippen molar-refractivity contribution in [3.63, 3.8) is 0 Å². The molecule has 0 saturated carbocycles. The number of aromatic nitrogens is 3. The molecule has 21 heavy (non-hydrogen) atoms.